The van der Waals surface area contributed by atoms with Gasteiger partial charge in [-0.05, 0) is 70.9 Å². The van der Waals surface area contributed by atoms with Crippen molar-refractivity contribution in [2.45, 2.75) is 0 Å². The van der Waals surface area contributed by atoms with Crippen LogP contribution in [0, 0.1) is 0 Å². The van der Waals surface area contributed by atoms with Crippen LogP contribution in [0.15, 0.2) is 84.2 Å². The lowest BCUT2D eigenvalue weighted by Gasteiger charge is -2.08. The number of thioether (sulfide) groups is 12. The first-order valence-electron chi connectivity index (χ1n) is 10.5. The minimum absolute atomic E-state index is 0.921. The minimum atomic E-state index is 0.921. The zero-order chi connectivity index (χ0) is 25.8. The molecule has 1 aromatic heterocycles. The summed E-state index contributed by atoms with van der Waals surface area (Å²) in [5, 5.41) is 8.98. The van der Waals surface area contributed by atoms with Crippen LogP contribution in [0.2, 0.25) is 0 Å². The second-order valence-electron chi connectivity index (χ2n) is 6.94. The molecule has 0 saturated heterocycles. The molecule has 0 atom stereocenters. The predicted molar refractivity (Wildman–Crippen MR) is 196 cm³/mol. The predicted octanol–water partition coefficient (Wildman–Crippen LogP) is 12.9. The van der Waals surface area contributed by atoms with Gasteiger partial charge in [0.05, 0.1) is 33.9 Å². The van der Waals surface area contributed by atoms with Crippen LogP contribution in [0.1, 0.15) is 11.5 Å². The molecule has 4 aliphatic heterocycles. The van der Waals surface area contributed by atoms with Crippen LogP contribution in [0.25, 0.3) is 11.1 Å². The fourth-order valence-electron chi connectivity index (χ4n) is 3.04. The Morgan fingerprint density at radius 1 is 0.568 bits per heavy atom. The summed E-state index contributed by atoms with van der Waals surface area (Å²) in [5.74, 6) is 1.84. The van der Waals surface area contributed by atoms with Gasteiger partial charge in [0.25, 0.3) is 0 Å². The van der Waals surface area contributed by atoms with Crippen molar-refractivity contribution in [1.29, 1.82) is 0 Å². The molecule has 0 spiro atoms. The first kappa shape index (κ1) is 29.9. The molecule has 5 rings (SSSR count). The summed E-state index contributed by atoms with van der Waals surface area (Å²) in [4.78, 5) is 0. The van der Waals surface area contributed by atoms with Crippen molar-refractivity contribution in [1.82, 2.24) is 0 Å². The van der Waals surface area contributed by atoms with Crippen molar-refractivity contribution in [3.05, 3.63) is 91.3 Å². The highest BCUT2D eigenvalue weighted by Crippen LogP contribution is 2.56. The Bertz CT molecular complexity index is 1220. The largest absolute Gasteiger partial charge is 0.456 e. The maximum absolute atomic E-state index is 6.70. The highest BCUT2D eigenvalue weighted by atomic mass is 32.3. The third kappa shape index (κ3) is 7.63. The van der Waals surface area contributed by atoms with Crippen LogP contribution in [-0.2, 0) is 0 Å². The molecule has 0 radical (unpaired) electrons. The molecule has 5 heterocycles. The molecule has 0 aliphatic carbocycles. The van der Waals surface area contributed by atoms with Gasteiger partial charge in [-0.25, -0.2) is 0 Å². The zero-order valence-electron chi connectivity index (χ0n) is 19.9. The lowest BCUT2D eigenvalue weighted by atomic mass is 10.2. The second-order valence-corrected chi connectivity index (χ2v) is 20.2. The number of hydrogen-bond donors (Lipinski definition) is 0. The van der Waals surface area contributed by atoms with Gasteiger partial charge in [0.15, 0.2) is 0 Å². The van der Waals surface area contributed by atoms with Gasteiger partial charge in [0.1, 0.15) is 11.5 Å². The van der Waals surface area contributed by atoms with Gasteiger partial charge < -0.3 is 4.42 Å². The molecule has 0 aromatic carbocycles. The van der Waals surface area contributed by atoms with Crippen LogP contribution in [0.5, 0.6) is 0 Å². The maximum Gasteiger partial charge on any atom is 0.136 e. The van der Waals surface area contributed by atoms with Crippen LogP contribution in [-0.4, -0.2) is 25.0 Å². The van der Waals surface area contributed by atoms with Gasteiger partial charge in [-0.2, -0.15) is 0 Å². The van der Waals surface area contributed by atoms with Crippen molar-refractivity contribution in [3.8, 4) is 0 Å². The fourth-order valence-corrected chi connectivity index (χ4v) is 15.4. The number of furan rings is 1. The number of allylic oxidation sites excluding steroid dienone is 4. The van der Waals surface area contributed by atoms with E-state index in [2.05, 4.69) is 70.9 Å². The van der Waals surface area contributed by atoms with E-state index < -0.39 is 0 Å². The van der Waals surface area contributed by atoms with E-state index in [0.717, 1.165) is 22.7 Å². The minimum Gasteiger partial charge on any atom is -0.456 e. The second kappa shape index (κ2) is 14.5. The van der Waals surface area contributed by atoms with E-state index in [9.17, 15) is 0 Å². The highest BCUT2D eigenvalue weighted by molar-refractivity contribution is 8.37. The third-order valence-corrected chi connectivity index (χ3v) is 18.9. The average molecular weight is 709 g/mol. The van der Waals surface area contributed by atoms with E-state index >= 15 is 0 Å². The standard InChI is InChI=1S/C24H20OS12/c1-26-19-9-30-17(34-19)7-13(23-32-11-21(28-3)36-23)15-5-6-16(25-15)14(24-33-12-22(29-4)37-24)8-18-31-10-20(27-2)35-18/h5-12H,1-4H3/b17-7-,18-8+,23-13-,24-14-. The monoisotopic (exact) mass is 708 g/mol. The molecule has 0 unspecified atom stereocenters. The van der Waals surface area contributed by atoms with Gasteiger partial charge in [-0.15, -0.1) is 47.0 Å². The van der Waals surface area contributed by atoms with E-state index in [0.29, 0.717) is 0 Å². The SMILES string of the molecule is CSC1=CS/C(=C/C(=C2\SC=C(SC)S2)c2ccc(C(/C=C3\SC=C(SC)S3)=C3/SC=C(SC)S3)o2)S1. The van der Waals surface area contributed by atoms with E-state index in [1.165, 1.54) is 33.9 Å². The normalized spacial score (nSPS) is 24.6. The summed E-state index contributed by atoms with van der Waals surface area (Å²) in [7, 11) is 0. The Balaban J connectivity index is 1.50. The summed E-state index contributed by atoms with van der Waals surface area (Å²) in [6.07, 6.45) is 13.2. The molecule has 0 saturated carbocycles. The molecule has 194 valence electrons. The van der Waals surface area contributed by atoms with E-state index in [1.807, 2.05) is 47.0 Å². The van der Waals surface area contributed by atoms with Gasteiger partial charge in [0.2, 0.25) is 0 Å². The molecular weight excluding hydrogens is 689 g/mol. The lowest BCUT2D eigenvalue weighted by molar-refractivity contribution is 0.541. The van der Waals surface area contributed by atoms with Crippen molar-refractivity contribution in [2.24, 2.45) is 0 Å². The van der Waals surface area contributed by atoms with E-state index in [4.69, 9.17) is 4.42 Å². The van der Waals surface area contributed by atoms with Gasteiger partial charge >= 0.3 is 0 Å². The summed E-state index contributed by atoms with van der Waals surface area (Å²) in [6.45, 7) is 0. The van der Waals surface area contributed by atoms with Crippen molar-refractivity contribution in [2.75, 3.05) is 25.0 Å². The Kier molecular flexibility index (Phi) is 11.7. The molecule has 0 fully saturated rings. The molecule has 0 N–H and O–H groups in total. The Labute approximate surface area is 269 Å². The Morgan fingerprint density at radius 2 is 0.946 bits per heavy atom. The van der Waals surface area contributed by atoms with Crippen LogP contribution < -0.4 is 0 Å². The van der Waals surface area contributed by atoms with Gasteiger partial charge in [-0.1, -0.05) is 94.1 Å². The summed E-state index contributed by atoms with van der Waals surface area (Å²) in [6, 6.07) is 4.29. The molecule has 1 nitrogen and oxygen atoms in total. The Morgan fingerprint density at radius 3 is 1.30 bits per heavy atom. The van der Waals surface area contributed by atoms with Crippen molar-refractivity contribution >= 4 is 152 Å². The topological polar surface area (TPSA) is 13.1 Å². The van der Waals surface area contributed by atoms with Crippen LogP contribution in [0.3, 0.4) is 0 Å². The zero-order valence-corrected chi connectivity index (χ0v) is 29.7. The molecule has 0 amide bonds. The molecule has 37 heavy (non-hydrogen) atoms. The number of hydrogen-bond acceptors (Lipinski definition) is 13. The molecule has 1 aromatic rings. The first-order valence-corrected chi connectivity index (χ1v) is 22.2. The summed E-state index contributed by atoms with van der Waals surface area (Å²) < 4.78 is 17.1. The van der Waals surface area contributed by atoms with Gasteiger partial charge in [0, 0.05) is 11.1 Å². The fraction of sp³-hybridized carbons (Fsp3) is 0.167. The molecular formula is C24H20OS12. The molecule has 13 heteroatoms. The summed E-state index contributed by atoms with van der Waals surface area (Å²) >= 11 is 21.8. The van der Waals surface area contributed by atoms with Crippen molar-refractivity contribution < 1.29 is 4.42 Å². The van der Waals surface area contributed by atoms with Crippen LogP contribution in [0.4, 0.5) is 0 Å². The first-order chi connectivity index (χ1) is 18.1. The molecule has 0 bridgehead atoms. The molecule has 4 aliphatic rings. The highest BCUT2D eigenvalue weighted by Gasteiger charge is 2.24. The van der Waals surface area contributed by atoms with Crippen molar-refractivity contribution in [3.63, 3.8) is 0 Å². The Hall–Kier alpha value is 1.40. The average Bonchev–Trinajstić information content (AvgIpc) is 3.75. The number of rotatable bonds is 8. The smallest absolute Gasteiger partial charge is 0.136 e. The van der Waals surface area contributed by atoms with Crippen LogP contribution >= 0.6 is 141 Å². The van der Waals surface area contributed by atoms with E-state index in [-0.39, 0.29) is 0 Å². The lowest BCUT2D eigenvalue weighted by Crippen LogP contribution is -1.83. The third-order valence-electron chi connectivity index (χ3n) is 4.76. The van der Waals surface area contributed by atoms with E-state index in [1.54, 1.807) is 94.1 Å². The summed E-state index contributed by atoms with van der Waals surface area (Å²) in [5.41, 5.74) is 2.32. The maximum atomic E-state index is 6.70. The van der Waals surface area contributed by atoms with Gasteiger partial charge in [-0.3, -0.25) is 0 Å². The quantitative estimate of drug-likeness (QED) is 0.255.